The number of nitrogens with zero attached hydrogens (tertiary/aromatic N) is 3. The molecule has 2 aliphatic rings. The van der Waals surface area contributed by atoms with Gasteiger partial charge in [-0.05, 0) is 56.7 Å². The Morgan fingerprint density at radius 3 is 2.65 bits per heavy atom. The number of hydrogen-bond acceptors (Lipinski definition) is 5. The van der Waals surface area contributed by atoms with Crippen LogP contribution in [0.15, 0.2) is 42.5 Å². The molecule has 4 atom stereocenters. The first kappa shape index (κ1) is 24.8. The van der Waals surface area contributed by atoms with Gasteiger partial charge >= 0.3 is 12.1 Å². The largest absolute Gasteiger partial charge is 0.481 e. The summed E-state index contributed by atoms with van der Waals surface area (Å²) < 4.78 is 7.21. The fourth-order valence-corrected chi connectivity index (χ4v) is 6.04. The number of carboxylic acids is 1. The van der Waals surface area contributed by atoms with Crippen LogP contribution in [0.3, 0.4) is 0 Å². The maximum absolute atomic E-state index is 12.6. The lowest BCUT2D eigenvalue weighted by atomic mass is 9.85. The molecule has 194 valence electrons. The Bertz CT molecular complexity index is 1320. The van der Waals surface area contributed by atoms with Crippen LogP contribution in [0.1, 0.15) is 68.1 Å². The molecular weight excluding hydrogens is 472 g/mol. The number of hydrogen-bond donors (Lipinski definition) is 2. The number of carbonyl (C=O) groups excluding carboxylic acids is 2. The van der Waals surface area contributed by atoms with Crippen molar-refractivity contribution in [3.05, 3.63) is 59.4 Å². The highest BCUT2D eigenvalue weighted by Gasteiger charge is 2.35. The minimum Gasteiger partial charge on any atom is -0.481 e. The van der Waals surface area contributed by atoms with E-state index in [1.54, 1.807) is 4.90 Å². The maximum atomic E-state index is 12.6. The number of anilines is 1. The topological polar surface area (TPSA) is 114 Å². The molecule has 0 spiro atoms. The summed E-state index contributed by atoms with van der Waals surface area (Å²) in [6, 6.07) is 13.0. The predicted molar refractivity (Wildman–Crippen MR) is 139 cm³/mol. The van der Waals surface area contributed by atoms with Crippen molar-refractivity contribution in [2.24, 2.45) is 5.92 Å². The third kappa shape index (κ3) is 4.43. The van der Waals surface area contributed by atoms with Crippen LogP contribution < -0.4 is 10.2 Å². The van der Waals surface area contributed by atoms with E-state index >= 15 is 0 Å². The number of carbonyl (C=O) groups is 3. The lowest BCUT2D eigenvalue weighted by molar-refractivity contribution is -0.143. The number of rotatable bonds is 6. The molecule has 1 aromatic heterocycles. The van der Waals surface area contributed by atoms with Crippen molar-refractivity contribution in [3.63, 3.8) is 0 Å². The number of aliphatic carboxylic acids is 1. The van der Waals surface area contributed by atoms with Gasteiger partial charge in [0.2, 0.25) is 6.41 Å². The number of amides is 2. The third-order valence-corrected chi connectivity index (χ3v) is 7.84. The van der Waals surface area contributed by atoms with Gasteiger partial charge in [-0.2, -0.15) is 0 Å². The monoisotopic (exact) mass is 504 g/mol. The Hall–Kier alpha value is -3.88. The molecule has 5 rings (SSSR count). The van der Waals surface area contributed by atoms with Crippen molar-refractivity contribution in [3.8, 4) is 0 Å². The second kappa shape index (κ2) is 10.2. The number of aromatic nitrogens is 2. The van der Waals surface area contributed by atoms with Gasteiger partial charge in [0.1, 0.15) is 11.9 Å². The van der Waals surface area contributed by atoms with Crippen molar-refractivity contribution in [2.75, 3.05) is 12.0 Å². The molecule has 1 aliphatic heterocycles. The van der Waals surface area contributed by atoms with E-state index in [0.717, 1.165) is 53.5 Å². The van der Waals surface area contributed by atoms with Gasteiger partial charge in [-0.25, -0.2) is 9.78 Å². The SMILES string of the molecule is COC(=O)N1c2ccc3c(nc(C(NC=O)c4ccccc4)n3C3CCCC(C(=O)O)C3)c2CCC1C. The van der Waals surface area contributed by atoms with Crippen LogP contribution in [0.25, 0.3) is 11.0 Å². The number of aryl methyl sites for hydroxylation is 1. The van der Waals surface area contributed by atoms with Crippen LogP contribution in [0, 0.1) is 5.92 Å². The number of benzene rings is 2. The average Bonchev–Trinajstić information content (AvgIpc) is 3.31. The highest BCUT2D eigenvalue weighted by Crippen LogP contribution is 2.42. The van der Waals surface area contributed by atoms with Gasteiger partial charge in [0, 0.05) is 17.6 Å². The Labute approximate surface area is 215 Å². The van der Waals surface area contributed by atoms with Gasteiger partial charge in [-0.15, -0.1) is 0 Å². The van der Waals surface area contributed by atoms with Crippen LogP contribution >= 0.6 is 0 Å². The first-order chi connectivity index (χ1) is 17.9. The predicted octanol–water partition coefficient (Wildman–Crippen LogP) is 4.60. The Balaban J connectivity index is 1.73. The Morgan fingerprint density at radius 1 is 1.16 bits per heavy atom. The molecule has 1 aliphatic carbocycles. The van der Waals surface area contributed by atoms with Gasteiger partial charge in [0.05, 0.1) is 29.7 Å². The minimum absolute atomic E-state index is 0.0116. The minimum atomic E-state index is -0.776. The van der Waals surface area contributed by atoms with Gasteiger partial charge in [0.25, 0.3) is 0 Å². The van der Waals surface area contributed by atoms with Crippen molar-refractivity contribution < 1.29 is 24.2 Å². The van der Waals surface area contributed by atoms with Gasteiger partial charge in [0.15, 0.2) is 0 Å². The Morgan fingerprint density at radius 2 is 1.95 bits per heavy atom. The van der Waals surface area contributed by atoms with E-state index < -0.39 is 24.0 Å². The van der Waals surface area contributed by atoms with E-state index in [1.165, 1.54) is 7.11 Å². The maximum Gasteiger partial charge on any atom is 0.414 e. The number of carboxylic acid groups (broad SMARTS) is 1. The number of fused-ring (bicyclic) bond motifs is 3. The van der Waals surface area contributed by atoms with Crippen LogP contribution in [-0.2, 0) is 20.7 Å². The fourth-order valence-electron chi connectivity index (χ4n) is 6.04. The van der Waals surface area contributed by atoms with Crippen LogP contribution in [0.5, 0.6) is 0 Å². The number of imidazole rings is 1. The zero-order valence-corrected chi connectivity index (χ0v) is 21.1. The normalized spacial score (nSPS) is 22.2. The van der Waals surface area contributed by atoms with Gasteiger partial charge in [-0.3, -0.25) is 14.5 Å². The average molecular weight is 505 g/mol. The molecule has 0 radical (unpaired) electrons. The zero-order valence-electron chi connectivity index (χ0n) is 21.1. The summed E-state index contributed by atoms with van der Waals surface area (Å²) >= 11 is 0. The molecule has 3 aromatic rings. The van der Waals surface area contributed by atoms with Crippen LogP contribution in [0.4, 0.5) is 10.5 Å². The quantitative estimate of drug-likeness (QED) is 0.475. The number of nitrogens with one attached hydrogen (secondary N) is 1. The zero-order chi connectivity index (χ0) is 26.1. The molecule has 9 heteroatoms. The number of methoxy groups -OCH3 is 1. The number of ether oxygens (including phenoxy) is 1. The second-order valence-electron chi connectivity index (χ2n) is 9.98. The van der Waals surface area contributed by atoms with Crippen molar-refractivity contribution in [1.82, 2.24) is 14.9 Å². The second-order valence-corrected chi connectivity index (χ2v) is 9.98. The molecule has 2 aromatic carbocycles. The summed E-state index contributed by atoms with van der Waals surface area (Å²) in [6.07, 6.45) is 4.57. The van der Waals surface area contributed by atoms with Crippen molar-refractivity contribution in [1.29, 1.82) is 0 Å². The highest BCUT2D eigenvalue weighted by molar-refractivity contribution is 5.95. The first-order valence-electron chi connectivity index (χ1n) is 12.8. The van der Waals surface area contributed by atoms with Crippen LogP contribution in [0.2, 0.25) is 0 Å². The molecule has 9 nitrogen and oxygen atoms in total. The van der Waals surface area contributed by atoms with Crippen molar-refractivity contribution >= 4 is 35.2 Å². The summed E-state index contributed by atoms with van der Waals surface area (Å²) in [5.41, 5.74) is 4.29. The summed E-state index contributed by atoms with van der Waals surface area (Å²) in [5.74, 6) is -0.533. The third-order valence-electron chi connectivity index (χ3n) is 7.84. The Kier molecular flexibility index (Phi) is 6.86. The summed E-state index contributed by atoms with van der Waals surface area (Å²) in [4.78, 5) is 43.1. The van der Waals surface area contributed by atoms with E-state index in [0.29, 0.717) is 25.1 Å². The van der Waals surface area contributed by atoms with E-state index in [1.807, 2.05) is 49.4 Å². The van der Waals surface area contributed by atoms with E-state index in [-0.39, 0.29) is 12.1 Å². The molecule has 0 saturated heterocycles. The molecule has 0 bridgehead atoms. The first-order valence-corrected chi connectivity index (χ1v) is 12.8. The van der Waals surface area contributed by atoms with E-state index in [9.17, 15) is 19.5 Å². The molecular formula is C28H32N4O5. The van der Waals surface area contributed by atoms with Crippen LogP contribution in [-0.4, -0.2) is 46.3 Å². The molecule has 37 heavy (non-hydrogen) atoms. The van der Waals surface area contributed by atoms with Gasteiger partial charge < -0.3 is 19.7 Å². The van der Waals surface area contributed by atoms with Gasteiger partial charge in [-0.1, -0.05) is 36.8 Å². The molecule has 2 heterocycles. The standard InChI is InChI=1S/C28H32N4O5/c1-17-11-12-21-22(31(17)28(36)37-2)13-14-23-25(21)30-26(24(29-16-33)18-7-4-3-5-8-18)32(23)20-10-6-9-19(15-20)27(34)35/h3-5,7-8,13-14,16-17,19-20,24H,6,9-12,15H2,1-2H3,(H,29,33)(H,34,35). The molecule has 2 N–H and O–H groups in total. The lowest BCUT2D eigenvalue weighted by Gasteiger charge is -2.34. The highest BCUT2D eigenvalue weighted by atomic mass is 16.5. The fraction of sp³-hybridized carbons (Fsp3) is 0.429. The molecule has 2 amide bonds. The van der Waals surface area contributed by atoms with E-state index in [4.69, 9.17) is 9.72 Å². The molecule has 1 saturated carbocycles. The smallest absolute Gasteiger partial charge is 0.414 e. The summed E-state index contributed by atoms with van der Waals surface area (Å²) in [5, 5.41) is 12.7. The molecule has 4 unspecified atom stereocenters. The lowest BCUT2D eigenvalue weighted by Crippen LogP contribution is -2.42. The summed E-state index contributed by atoms with van der Waals surface area (Å²) in [6.45, 7) is 2.00. The molecule has 1 fully saturated rings. The summed E-state index contributed by atoms with van der Waals surface area (Å²) in [7, 11) is 1.38. The van der Waals surface area contributed by atoms with E-state index in [2.05, 4.69) is 9.88 Å². The van der Waals surface area contributed by atoms with Crippen molar-refractivity contribution in [2.45, 2.75) is 63.6 Å².